The fourth-order valence-corrected chi connectivity index (χ4v) is 5.54. The Morgan fingerprint density at radius 1 is 0.971 bits per heavy atom. The van der Waals surface area contributed by atoms with Crippen LogP contribution in [0.2, 0.25) is 5.02 Å². The third-order valence-corrected chi connectivity index (χ3v) is 7.84. The lowest BCUT2D eigenvalue weighted by Crippen LogP contribution is -2.38. The molecule has 188 valence electrons. The van der Waals surface area contributed by atoms with Crippen LogP contribution in [0.4, 0.5) is 11.4 Å². The van der Waals surface area contributed by atoms with Crippen LogP contribution in [0, 0.1) is 0 Å². The Balaban J connectivity index is 1.72. The van der Waals surface area contributed by atoms with E-state index in [9.17, 15) is 22.8 Å². The fraction of sp³-hybridized carbons (Fsp3) is 0.375. The van der Waals surface area contributed by atoms with E-state index in [0.717, 1.165) is 19.3 Å². The number of likely N-dealkylation sites (N-methyl/N-ethyl adjacent to an activating group) is 1. The van der Waals surface area contributed by atoms with Gasteiger partial charge in [0.05, 0.1) is 15.5 Å². The van der Waals surface area contributed by atoms with E-state index in [4.69, 9.17) is 11.6 Å². The summed E-state index contributed by atoms with van der Waals surface area (Å²) in [5, 5.41) is 5.46. The molecule has 0 atom stereocenters. The number of carbonyl (C=O) groups excluding carboxylic acids is 3. The summed E-state index contributed by atoms with van der Waals surface area (Å²) in [7, 11) is -3.74. The Labute approximate surface area is 210 Å². The molecule has 2 aromatic carbocycles. The molecule has 0 radical (unpaired) electrons. The number of hydrogen-bond acceptors (Lipinski definition) is 5. The summed E-state index contributed by atoms with van der Waals surface area (Å²) in [6.07, 6.45) is 2.59. The standard InChI is InChI=1S/C24H29ClN4O5S/c1-3-28(16-23(31)27-19-9-7-18(8-10-19)26-17(2)30)24(32)21-15-20(11-12-22(21)25)35(33,34)29-13-5-4-6-14-29/h7-12,15H,3-6,13-14,16H2,1-2H3,(H,26,30)(H,27,31). The number of halogens is 1. The fourth-order valence-electron chi connectivity index (χ4n) is 3.79. The molecular weight excluding hydrogens is 492 g/mol. The van der Waals surface area contributed by atoms with Gasteiger partial charge in [-0.2, -0.15) is 4.31 Å². The first-order chi connectivity index (χ1) is 16.6. The maximum absolute atomic E-state index is 13.2. The van der Waals surface area contributed by atoms with Gasteiger partial charge in [-0.3, -0.25) is 14.4 Å². The second-order valence-corrected chi connectivity index (χ2v) is 10.6. The summed E-state index contributed by atoms with van der Waals surface area (Å²) in [6, 6.07) is 10.6. The van der Waals surface area contributed by atoms with E-state index in [1.165, 1.54) is 34.3 Å². The maximum Gasteiger partial charge on any atom is 0.255 e. The van der Waals surface area contributed by atoms with Crippen molar-refractivity contribution >= 4 is 50.7 Å². The molecule has 1 aliphatic rings. The predicted octanol–water partition coefficient (Wildman–Crippen LogP) is 3.57. The monoisotopic (exact) mass is 520 g/mol. The average Bonchev–Trinajstić information content (AvgIpc) is 2.83. The molecule has 1 aliphatic heterocycles. The number of nitrogens with one attached hydrogen (secondary N) is 2. The van der Waals surface area contributed by atoms with Gasteiger partial charge in [-0.25, -0.2) is 8.42 Å². The van der Waals surface area contributed by atoms with Gasteiger partial charge in [0.2, 0.25) is 21.8 Å². The predicted molar refractivity (Wildman–Crippen MR) is 135 cm³/mol. The van der Waals surface area contributed by atoms with Gasteiger partial charge in [0.1, 0.15) is 6.54 Å². The third-order valence-electron chi connectivity index (χ3n) is 5.61. The highest BCUT2D eigenvalue weighted by molar-refractivity contribution is 7.89. The number of benzene rings is 2. The van der Waals surface area contributed by atoms with Gasteiger partial charge in [-0.05, 0) is 62.2 Å². The van der Waals surface area contributed by atoms with Crippen molar-refractivity contribution in [2.75, 3.05) is 36.8 Å². The van der Waals surface area contributed by atoms with Gasteiger partial charge in [-0.1, -0.05) is 18.0 Å². The normalized spacial score (nSPS) is 14.3. The second-order valence-electron chi connectivity index (χ2n) is 8.23. The van der Waals surface area contributed by atoms with Crippen molar-refractivity contribution in [2.24, 2.45) is 0 Å². The highest BCUT2D eigenvalue weighted by Gasteiger charge is 2.28. The Morgan fingerprint density at radius 2 is 1.57 bits per heavy atom. The van der Waals surface area contributed by atoms with Crippen LogP contribution in [0.5, 0.6) is 0 Å². The van der Waals surface area contributed by atoms with Gasteiger partial charge in [-0.15, -0.1) is 0 Å². The molecule has 0 unspecified atom stereocenters. The summed E-state index contributed by atoms with van der Waals surface area (Å²) in [6.45, 7) is 3.98. The molecule has 0 saturated carbocycles. The van der Waals surface area contributed by atoms with E-state index in [2.05, 4.69) is 10.6 Å². The summed E-state index contributed by atoms with van der Waals surface area (Å²) in [5.74, 6) is -1.17. The zero-order chi connectivity index (χ0) is 25.6. The number of anilines is 2. The van der Waals surface area contributed by atoms with Crippen LogP contribution in [0.1, 0.15) is 43.5 Å². The van der Waals surface area contributed by atoms with Gasteiger partial charge in [0, 0.05) is 37.9 Å². The minimum Gasteiger partial charge on any atom is -0.330 e. The summed E-state index contributed by atoms with van der Waals surface area (Å²) >= 11 is 6.26. The molecule has 9 nitrogen and oxygen atoms in total. The first-order valence-electron chi connectivity index (χ1n) is 11.4. The molecule has 2 aromatic rings. The van der Waals surface area contributed by atoms with Crippen LogP contribution in [0.3, 0.4) is 0 Å². The smallest absolute Gasteiger partial charge is 0.255 e. The number of sulfonamides is 1. The van der Waals surface area contributed by atoms with Gasteiger partial charge < -0.3 is 15.5 Å². The number of hydrogen-bond donors (Lipinski definition) is 2. The Bertz CT molecular complexity index is 1190. The first kappa shape index (κ1) is 26.7. The molecule has 0 spiro atoms. The van der Waals surface area contributed by atoms with Crippen molar-refractivity contribution in [2.45, 2.75) is 38.0 Å². The molecule has 35 heavy (non-hydrogen) atoms. The largest absolute Gasteiger partial charge is 0.330 e. The molecule has 2 N–H and O–H groups in total. The Morgan fingerprint density at radius 3 is 2.14 bits per heavy atom. The highest BCUT2D eigenvalue weighted by atomic mass is 35.5. The first-order valence-corrected chi connectivity index (χ1v) is 13.2. The van der Waals surface area contributed by atoms with Crippen LogP contribution in [-0.2, 0) is 19.6 Å². The molecule has 11 heteroatoms. The van der Waals surface area contributed by atoms with E-state index in [1.54, 1.807) is 31.2 Å². The third kappa shape index (κ3) is 6.81. The lowest BCUT2D eigenvalue weighted by Gasteiger charge is -2.26. The van der Waals surface area contributed by atoms with E-state index < -0.39 is 21.8 Å². The molecule has 0 aliphatic carbocycles. The zero-order valence-electron chi connectivity index (χ0n) is 19.7. The molecule has 1 heterocycles. The van der Waals surface area contributed by atoms with Crippen molar-refractivity contribution in [3.8, 4) is 0 Å². The second kappa shape index (κ2) is 11.7. The highest BCUT2D eigenvalue weighted by Crippen LogP contribution is 2.26. The Hall–Kier alpha value is -2.95. The minimum absolute atomic E-state index is 0.00640. The summed E-state index contributed by atoms with van der Waals surface area (Å²) in [5.41, 5.74) is 1.12. The SMILES string of the molecule is CCN(CC(=O)Nc1ccc(NC(C)=O)cc1)C(=O)c1cc(S(=O)(=O)N2CCCCC2)ccc1Cl. The van der Waals surface area contributed by atoms with Crippen molar-refractivity contribution in [1.29, 1.82) is 0 Å². The average molecular weight is 521 g/mol. The van der Waals surface area contributed by atoms with Crippen LogP contribution < -0.4 is 10.6 Å². The van der Waals surface area contributed by atoms with E-state index in [-0.39, 0.29) is 34.5 Å². The van der Waals surface area contributed by atoms with Crippen molar-refractivity contribution in [3.63, 3.8) is 0 Å². The molecule has 0 bridgehead atoms. The van der Waals surface area contributed by atoms with Crippen molar-refractivity contribution in [3.05, 3.63) is 53.1 Å². The molecular formula is C24H29ClN4O5S. The number of piperidine rings is 1. The maximum atomic E-state index is 13.2. The lowest BCUT2D eigenvalue weighted by molar-refractivity contribution is -0.117. The molecule has 1 saturated heterocycles. The van der Waals surface area contributed by atoms with Crippen LogP contribution in [0.15, 0.2) is 47.4 Å². The van der Waals surface area contributed by atoms with E-state index >= 15 is 0 Å². The van der Waals surface area contributed by atoms with Crippen LogP contribution in [-0.4, -0.2) is 61.5 Å². The van der Waals surface area contributed by atoms with E-state index in [0.29, 0.717) is 24.5 Å². The molecule has 3 amide bonds. The van der Waals surface area contributed by atoms with Crippen molar-refractivity contribution < 1.29 is 22.8 Å². The number of nitrogens with zero attached hydrogens (tertiary/aromatic N) is 2. The number of amides is 3. The summed E-state index contributed by atoms with van der Waals surface area (Å²) < 4.78 is 27.5. The van der Waals surface area contributed by atoms with Crippen LogP contribution >= 0.6 is 11.6 Å². The quantitative estimate of drug-likeness (QED) is 0.552. The number of rotatable bonds is 8. The van der Waals surface area contributed by atoms with Gasteiger partial charge >= 0.3 is 0 Å². The zero-order valence-corrected chi connectivity index (χ0v) is 21.3. The molecule has 1 fully saturated rings. The van der Waals surface area contributed by atoms with Crippen molar-refractivity contribution in [1.82, 2.24) is 9.21 Å². The number of carbonyl (C=O) groups is 3. The Kier molecular flexibility index (Phi) is 8.87. The van der Waals surface area contributed by atoms with E-state index in [1.807, 2.05) is 0 Å². The lowest BCUT2D eigenvalue weighted by atomic mass is 10.2. The summed E-state index contributed by atoms with van der Waals surface area (Å²) in [4.78, 5) is 38.2. The van der Waals surface area contributed by atoms with Gasteiger partial charge in [0.25, 0.3) is 5.91 Å². The molecule has 3 rings (SSSR count). The minimum atomic E-state index is -3.74. The molecule has 0 aromatic heterocycles. The topological polar surface area (TPSA) is 116 Å². The van der Waals surface area contributed by atoms with Crippen LogP contribution in [0.25, 0.3) is 0 Å². The van der Waals surface area contributed by atoms with Gasteiger partial charge in [0.15, 0.2) is 0 Å².